The van der Waals surface area contributed by atoms with E-state index in [0.717, 1.165) is 17.0 Å². The van der Waals surface area contributed by atoms with Gasteiger partial charge in [-0.3, -0.25) is 4.79 Å². The SMILES string of the molecule is CCc1ccc(-c2nc(CC(=O)Nc3ccccc3F)cs2)cc1. The Morgan fingerprint density at radius 2 is 1.92 bits per heavy atom. The standard InChI is InChI=1S/C19H17FN2OS/c1-2-13-7-9-14(10-8-13)19-21-15(12-24-19)11-18(23)22-17-6-4-3-5-16(17)20/h3-10,12H,2,11H2,1H3,(H,22,23). The first-order valence-electron chi connectivity index (χ1n) is 7.74. The average Bonchev–Trinajstić information content (AvgIpc) is 3.05. The molecule has 0 saturated heterocycles. The fourth-order valence-corrected chi connectivity index (χ4v) is 3.15. The predicted octanol–water partition coefficient (Wildman–Crippen LogP) is 4.69. The highest BCUT2D eigenvalue weighted by molar-refractivity contribution is 7.13. The van der Waals surface area contributed by atoms with Crippen LogP contribution in [0.15, 0.2) is 53.9 Å². The molecule has 0 saturated carbocycles. The highest BCUT2D eigenvalue weighted by atomic mass is 32.1. The number of para-hydroxylation sites is 1. The Bertz CT molecular complexity index is 843. The molecule has 3 aromatic rings. The number of anilines is 1. The van der Waals surface area contributed by atoms with Crippen LogP contribution in [0.25, 0.3) is 10.6 Å². The second-order valence-corrected chi connectivity index (χ2v) is 6.26. The maximum absolute atomic E-state index is 13.5. The Balaban J connectivity index is 1.67. The van der Waals surface area contributed by atoms with Gasteiger partial charge >= 0.3 is 0 Å². The van der Waals surface area contributed by atoms with Crippen molar-refractivity contribution in [1.29, 1.82) is 0 Å². The second kappa shape index (κ2) is 7.36. The number of nitrogens with zero attached hydrogens (tertiary/aromatic N) is 1. The lowest BCUT2D eigenvalue weighted by atomic mass is 10.1. The van der Waals surface area contributed by atoms with E-state index in [4.69, 9.17) is 0 Å². The van der Waals surface area contributed by atoms with Gasteiger partial charge < -0.3 is 5.32 Å². The number of benzene rings is 2. The van der Waals surface area contributed by atoms with Crippen molar-refractivity contribution in [2.45, 2.75) is 19.8 Å². The second-order valence-electron chi connectivity index (χ2n) is 5.40. The van der Waals surface area contributed by atoms with E-state index < -0.39 is 5.82 Å². The molecule has 0 aliphatic carbocycles. The zero-order chi connectivity index (χ0) is 16.9. The van der Waals surface area contributed by atoms with Crippen LogP contribution in [0.2, 0.25) is 0 Å². The number of carbonyl (C=O) groups excluding carboxylic acids is 1. The molecule has 122 valence electrons. The van der Waals surface area contributed by atoms with E-state index in [-0.39, 0.29) is 18.0 Å². The lowest BCUT2D eigenvalue weighted by Crippen LogP contribution is -2.15. The first-order chi connectivity index (χ1) is 11.7. The maximum Gasteiger partial charge on any atom is 0.230 e. The molecule has 0 spiro atoms. The Labute approximate surface area is 144 Å². The van der Waals surface area contributed by atoms with E-state index >= 15 is 0 Å². The summed E-state index contributed by atoms with van der Waals surface area (Å²) in [6.45, 7) is 2.12. The van der Waals surface area contributed by atoms with Crippen molar-refractivity contribution in [1.82, 2.24) is 4.98 Å². The Morgan fingerprint density at radius 3 is 2.62 bits per heavy atom. The molecule has 0 unspecified atom stereocenters. The van der Waals surface area contributed by atoms with Gasteiger partial charge in [0.25, 0.3) is 0 Å². The minimum Gasteiger partial charge on any atom is -0.323 e. The summed E-state index contributed by atoms with van der Waals surface area (Å²) in [6.07, 6.45) is 1.12. The highest BCUT2D eigenvalue weighted by Crippen LogP contribution is 2.24. The molecular weight excluding hydrogens is 323 g/mol. The number of hydrogen-bond acceptors (Lipinski definition) is 3. The van der Waals surface area contributed by atoms with Crippen molar-refractivity contribution in [3.8, 4) is 10.6 Å². The molecule has 24 heavy (non-hydrogen) atoms. The first-order valence-corrected chi connectivity index (χ1v) is 8.61. The van der Waals surface area contributed by atoms with Crippen LogP contribution in [0.5, 0.6) is 0 Å². The number of aryl methyl sites for hydroxylation is 1. The van der Waals surface area contributed by atoms with Crippen molar-refractivity contribution >= 4 is 22.9 Å². The molecule has 0 aliphatic rings. The average molecular weight is 340 g/mol. The zero-order valence-electron chi connectivity index (χ0n) is 13.3. The minimum absolute atomic E-state index is 0.123. The summed E-state index contributed by atoms with van der Waals surface area (Å²) in [4.78, 5) is 16.6. The van der Waals surface area contributed by atoms with Crippen LogP contribution in [-0.2, 0) is 17.6 Å². The summed E-state index contributed by atoms with van der Waals surface area (Å²) in [6, 6.07) is 14.4. The van der Waals surface area contributed by atoms with Gasteiger partial charge in [-0.05, 0) is 24.1 Å². The Hall–Kier alpha value is -2.53. The number of hydrogen-bond donors (Lipinski definition) is 1. The third-order valence-electron chi connectivity index (χ3n) is 3.65. The topological polar surface area (TPSA) is 42.0 Å². The summed E-state index contributed by atoms with van der Waals surface area (Å²) < 4.78 is 13.5. The van der Waals surface area contributed by atoms with Crippen LogP contribution in [0, 0.1) is 5.82 Å². The van der Waals surface area contributed by atoms with Gasteiger partial charge in [0.05, 0.1) is 17.8 Å². The molecule has 0 radical (unpaired) electrons. The molecule has 3 rings (SSSR count). The zero-order valence-corrected chi connectivity index (χ0v) is 14.1. The molecule has 1 amide bonds. The van der Waals surface area contributed by atoms with Crippen molar-refractivity contribution in [2.24, 2.45) is 0 Å². The lowest BCUT2D eigenvalue weighted by molar-refractivity contribution is -0.115. The van der Waals surface area contributed by atoms with Gasteiger partial charge in [0, 0.05) is 10.9 Å². The van der Waals surface area contributed by atoms with Crippen LogP contribution in [-0.4, -0.2) is 10.9 Å². The molecule has 2 aromatic carbocycles. The lowest BCUT2D eigenvalue weighted by Gasteiger charge is -2.04. The minimum atomic E-state index is -0.444. The normalized spacial score (nSPS) is 10.6. The number of rotatable bonds is 5. The number of amides is 1. The van der Waals surface area contributed by atoms with E-state index in [9.17, 15) is 9.18 Å². The number of nitrogens with one attached hydrogen (secondary N) is 1. The van der Waals surface area contributed by atoms with E-state index in [0.29, 0.717) is 5.69 Å². The molecular formula is C19H17FN2OS. The summed E-state index contributed by atoms with van der Waals surface area (Å²) in [5.41, 5.74) is 3.19. The number of halogens is 1. The highest BCUT2D eigenvalue weighted by Gasteiger charge is 2.11. The van der Waals surface area contributed by atoms with Crippen molar-refractivity contribution < 1.29 is 9.18 Å². The van der Waals surface area contributed by atoms with Gasteiger partial charge in [-0.15, -0.1) is 11.3 Å². The molecule has 1 heterocycles. The van der Waals surface area contributed by atoms with E-state index in [1.54, 1.807) is 12.1 Å². The van der Waals surface area contributed by atoms with E-state index in [1.807, 2.05) is 17.5 Å². The van der Waals surface area contributed by atoms with E-state index in [1.165, 1.54) is 29.0 Å². The van der Waals surface area contributed by atoms with Gasteiger partial charge in [0.1, 0.15) is 10.8 Å². The Morgan fingerprint density at radius 1 is 1.17 bits per heavy atom. The van der Waals surface area contributed by atoms with Crippen LogP contribution in [0.1, 0.15) is 18.2 Å². The fourth-order valence-electron chi connectivity index (χ4n) is 2.33. The fraction of sp³-hybridized carbons (Fsp3) is 0.158. The molecule has 0 fully saturated rings. The van der Waals surface area contributed by atoms with Gasteiger partial charge in [-0.1, -0.05) is 43.3 Å². The van der Waals surface area contributed by atoms with Gasteiger partial charge in [-0.25, -0.2) is 9.37 Å². The number of thiazole rings is 1. The van der Waals surface area contributed by atoms with E-state index in [2.05, 4.69) is 29.4 Å². The van der Waals surface area contributed by atoms with Crippen LogP contribution in [0.3, 0.4) is 0 Å². The van der Waals surface area contributed by atoms with Gasteiger partial charge in [-0.2, -0.15) is 0 Å². The van der Waals surface area contributed by atoms with Gasteiger partial charge in [0.15, 0.2) is 0 Å². The molecule has 1 aromatic heterocycles. The Kier molecular flexibility index (Phi) is 5.01. The monoisotopic (exact) mass is 340 g/mol. The van der Waals surface area contributed by atoms with Gasteiger partial charge in [0.2, 0.25) is 5.91 Å². The third kappa shape index (κ3) is 3.86. The van der Waals surface area contributed by atoms with Crippen LogP contribution in [0.4, 0.5) is 10.1 Å². The smallest absolute Gasteiger partial charge is 0.230 e. The number of carbonyl (C=O) groups is 1. The molecule has 0 bridgehead atoms. The summed E-state index contributed by atoms with van der Waals surface area (Å²) in [5.74, 6) is -0.723. The molecule has 0 atom stereocenters. The summed E-state index contributed by atoms with van der Waals surface area (Å²) in [7, 11) is 0. The van der Waals surface area contributed by atoms with Crippen molar-refractivity contribution in [3.63, 3.8) is 0 Å². The third-order valence-corrected chi connectivity index (χ3v) is 4.59. The van der Waals surface area contributed by atoms with Crippen molar-refractivity contribution in [3.05, 3.63) is 71.0 Å². The predicted molar refractivity (Wildman–Crippen MR) is 95.7 cm³/mol. The number of aromatic nitrogens is 1. The molecule has 0 aliphatic heterocycles. The first kappa shape index (κ1) is 16.3. The summed E-state index contributed by atoms with van der Waals surface area (Å²) in [5, 5.41) is 5.32. The molecule has 3 nitrogen and oxygen atoms in total. The largest absolute Gasteiger partial charge is 0.323 e. The quantitative estimate of drug-likeness (QED) is 0.732. The summed E-state index contributed by atoms with van der Waals surface area (Å²) >= 11 is 1.50. The van der Waals surface area contributed by atoms with Crippen molar-refractivity contribution in [2.75, 3.05) is 5.32 Å². The maximum atomic E-state index is 13.5. The van der Waals surface area contributed by atoms with Crippen LogP contribution < -0.4 is 5.32 Å². The molecule has 1 N–H and O–H groups in total. The molecule has 5 heteroatoms. The van der Waals surface area contributed by atoms with Crippen LogP contribution >= 0.6 is 11.3 Å².